The van der Waals surface area contributed by atoms with E-state index in [0.29, 0.717) is 10.7 Å². The molecular weight excluding hydrogens is 332 g/mol. The summed E-state index contributed by atoms with van der Waals surface area (Å²) >= 11 is 5.92. The normalized spacial score (nSPS) is 11.0. The van der Waals surface area contributed by atoms with Crippen molar-refractivity contribution < 1.29 is 17.9 Å². The summed E-state index contributed by atoms with van der Waals surface area (Å²) in [5.74, 6) is -0.764. The van der Waals surface area contributed by atoms with Crippen LogP contribution in [-0.4, -0.2) is 42.6 Å². The Morgan fingerprint density at radius 1 is 1.36 bits per heavy atom. The summed E-state index contributed by atoms with van der Waals surface area (Å²) in [6, 6.07) is 1.51. The maximum Gasteiger partial charge on any atom is 0.262 e. The first kappa shape index (κ1) is 16.1. The van der Waals surface area contributed by atoms with Crippen molar-refractivity contribution in [1.82, 2.24) is 15.0 Å². The van der Waals surface area contributed by atoms with Crippen LogP contribution in [-0.2, 0) is 9.84 Å². The molecule has 0 unspecified atom stereocenters. The first-order valence-electron chi connectivity index (χ1n) is 5.85. The van der Waals surface area contributed by atoms with Crippen LogP contribution in [0, 0.1) is 0 Å². The molecule has 0 aliphatic carbocycles. The van der Waals surface area contributed by atoms with Crippen molar-refractivity contribution in [2.45, 2.75) is 5.16 Å². The third kappa shape index (κ3) is 3.49. The number of anilines is 1. The average molecular weight is 343 g/mol. The van der Waals surface area contributed by atoms with E-state index < -0.39 is 20.9 Å². The lowest BCUT2D eigenvalue weighted by Gasteiger charge is -2.09. The molecule has 0 aliphatic rings. The van der Waals surface area contributed by atoms with E-state index in [0.717, 1.165) is 12.5 Å². The predicted molar refractivity (Wildman–Crippen MR) is 78.9 cm³/mol. The molecule has 0 spiro atoms. The fourth-order valence-corrected chi connectivity index (χ4v) is 2.15. The van der Waals surface area contributed by atoms with Gasteiger partial charge in [-0.3, -0.25) is 9.78 Å². The third-order valence-electron chi connectivity index (χ3n) is 2.52. The van der Waals surface area contributed by atoms with Crippen molar-refractivity contribution in [3.05, 3.63) is 35.2 Å². The highest BCUT2D eigenvalue weighted by Crippen LogP contribution is 2.22. The highest BCUT2D eigenvalue weighted by atomic mass is 35.5. The average Bonchev–Trinajstić information content (AvgIpc) is 2.48. The van der Waals surface area contributed by atoms with E-state index >= 15 is 0 Å². The Kier molecular flexibility index (Phi) is 4.57. The van der Waals surface area contributed by atoms with Gasteiger partial charge in [0.1, 0.15) is 5.56 Å². The molecule has 8 nitrogen and oxygen atoms in total. The topological polar surface area (TPSA) is 111 Å². The van der Waals surface area contributed by atoms with Crippen LogP contribution in [0.4, 0.5) is 5.69 Å². The third-order valence-corrected chi connectivity index (χ3v) is 3.71. The van der Waals surface area contributed by atoms with E-state index in [2.05, 4.69) is 20.3 Å². The lowest BCUT2D eigenvalue weighted by atomic mass is 10.3. The lowest BCUT2D eigenvalue weighted by molar-refractivity contribution is 0.102. The number of hydrogen-bond donors (Lipinski definition) is 1. The maximum atomic E-state index is 12.2. The van der Waals surface area contributed by atoms with Gasteiger partial charge in [0.25, 0.3) is 5.91 Å². The lowest BCUT2D eigenvalue weighted by Crippen LogP contribution is -2.16. The molecular formula is C12H11ClN4O4S. The summed E-state index contributed by atoms with van der Waals surface area (Å²) in [6.07, 6.45) is 4.87. The number of halogens is 1. The molecule has 2 aromatic heterocycles. The summed E-state index contributed by atoms with van der Waals surface area (Å²) in [6.45, 7) is 0. The van der Waals surface area contributed by atoms with E-state index in [1.165, 1.54) is 25.6 Å². The van der Waals surface area contributed by atoms with Gasteiger partial charge in [0.05, 0.1) is 24.0 Å². The number of ether oxygens (including phenoxy) is 1. The number of nitrogens with zero attached hydrogens (tertiary/aromatic N) is 3. The molecule has 2 heterocycles. The van der Waals surface area contributed by atoms with Crippen molar-refractivity contribution in [3.8, 4) is 5.88 Å². The molecule has 1 amide bonds. The van der Waals surface area contributed by atoms with Crippen molar-refractivity contribution in [2.24, 2.45) is 0 Å². The molecule has 0 radical (unpaired) electrons. The second-order valence-electron chi connectivity index (χ2n) is 4.16. The zero-order valence-electron chi connectivity index (χ0n) is 11.6. The number of methoxy groups -OCH3 is 1. The Labute approximate surface area is 131 Å². The van der Waals surface area contributed by atoms with Crippen molar-refractivity contribution in [3.63, 3.8) is 0 Å². The minimum absolute atomic E-state index is 0.0326. The minimum atomic E-state index is -3.61. The van der Waals surface area contributed by atoms with Crippen LogP contribution in [0.3, 0.4) is 0 Å². The van der Waals surface area contributed by atoms with Gasteiger partial charge in [0, 0.05) is 18.6 Å². The largest absolute Gasteiger partial charge is 0.480 e. The molecule has 2 rings (SSSR count). The molecule has 0 fully saturated rings. The summed E-state index contributed by atoms with van der Waals surface area (Å²) in [5, 5.41) is 2.39. The molecule has 0 atom stereocenters. The molecule has 116 valence electrons. The molecule has 0 bridgehead atoms. The van der Waals surface area contributed by atoms with Gasteiger partial charge in [-0.15, -0.1) is 0 Å². The van der Waals surface area contributed by atoms with E-state index in [1.54, 1.807) is 0 Å². The Bertz CT molecular complexity index is 826. The Morgan fingerprint density at radius 2 is 2.09 bits per heavy atom. The van der Waals surface area contributed by atoms with E-state index in [-0.39, 0.29) is 11.4 Å². The van der Waals surface area contributed by atoms with Crippen LogP contribution >= 0.6 is 11.6 Å². The number of carbonyl (C=O) groups is 1. The van der Waals surface area contributed by atoms with Crippen LogP contribution in [0.15, 0.2) is 29.8 Å². The Morgan fingerprint density at radius 3 is 2.68 bits per heavy atom. The minimum Gasteiger partial charge on any atom is -0.480 e. The number of sulfone groups is 1. The van der Waals surface area contributed by atoms with E-state index in [4.69, 9.17) is 16.3 Å². The number of pyridine rings is 1. The molecule has 0 saturated carbocycles. The number of rotatable bonds is 4. The number of hydrogen-bond acceptors (Lipinski definition) is 7. The highest BCUT2D eigenvalue weighted by Gasteiger charge is 2.20. The summed E-state index contributed by atoms with van der Waals surface area (Å²) < 4.78 is 27.8. The number of carbonyl (C=O) groups excluding carboxylic acids is 1. The molecule has 2 aromatic rings. The first-order chi connectivity index (χ1) is 10.3. The number of aromatic nitrogens is 3. The standard InChI is InChI=1S/C12H11ClN4O4S/c1-21-11-7(5-15-12(17-11)22(2,19)20)10(18)16-9-6-14-4-3-8(9)13/h3-6H,1-2H3,(H,16,18). The molecule has 0 aromatic carbocycles. The Balaban J connectivity index is 2.36. The summed E-state index contributed by atoms with van der Waals surface area (Å²) in [7, 11) is -2.34. The molecule has 10 heteroatoms. The first-order valence-corrected chi connectivity index (χ1v) is 8.12. The van der Waals surface area contributed by atoms with Gasteiger partial charge in [-0.2, -0.15) is 4.98 Å². The zero-order valence-corrected chi connectivity index (χ0v) is 13.1. The maximum absolute atomic E-state index is 12.2. The van der Waals surface area contributed by atoms with E-state index in [9.17, 15) is 13.2 Å². The van der Waals surface area contributed by atoms with Crippen LogP contribution in [0.5, 0.6) is 5.88 Å². The van der Waals surface area contributed by atoms with Crippen LogP contribution < -0.4 is 10.1 Å². The number of amides is 1. The van der Waals surface area contributed by atoms with Crippen LogP contribution in [0.2, 0.25) is 5.02 Å². The van der Waals surface area contributed by atoms with E-state index in [1.807, 2.05) is 0 Å². The smallest absolute Gasteiger partial charge is 0.262 e. The highest BCUT2D eigenvalue weighted by molar-refractivity contribution is 7.90. The summed E-state index contributed by atoms with van der Waals surface area (Å²) in [5.41, 5.74) is 0.262. The van der Waals surface area contributed by atoms with Crippen LogP contribution in [0.1, 0.15) is 10.4 Å². The monoisotopic (exact) mass is 342 g/mol. The number of nitrogens with one attached hydrogen (secondary N) is 1. The van der Waals surface area contributed by atoms with Gasteiger partial charge in [-0.1, -0.05) is 11.6 Å². The molecule has 0 saturated heterocycles. The fraction of sp³-hybridized carbons (Fsp3) is 0.167. The van der Waals surface area contributed by atoms with Crippen LogP contribution in [0.25, 0.3) is 0 Å². The molecule has 1 N–H and O–H groups in total. The second-order valence-corrected chi connectivity index (χ2v) is 6.47. The summed E-state index contributed by atoms with van der Waals surface area (Å²) in [4.78, 5) is 23.4. The Hall–Kier alpha value is -2.26. The van der Waals surface area contributed by atoms with Crippen molar-refractivity contribution in [1.29, 1.82) is 0 Å². The molecule has 22 heavy (non-hydrogen) atoms. The van der Waals surface area contributed by atoms with Gasteiger partial charge in [0.2, 0.25) is 20.9 Å². The van der Waals surface area contributed by atoms with Gasteiger partial charge in [0.15, 0.2) is 0 Å². The second kappa shape index (κ2) is 6.24. The van der Waals surface area contributed by atoms with Gasteiger partial charge < -0.3 is 10.1 Å². The van der Waals surface area contributed by atoms with Crippen molar-refractivity contribution in [2.75, 3.05) is 18.7 Å². The van der Waals surface area contributed by atoms with Crippen molar-refractivity contribution >= 4 is 33.0 Å². The quantitative estimate of drug-likeness (QED) is 0.830. The SMILES string of the molecule is COc1nc(S(C)(=O)=O)ncc1C(=O)Nc1cnccc1Cl. The predicted octanol–water partition coefficient (Wildman–Crippen LogP) is 1.19. The van der Waals surface area contributed by atoms with Gasteiger partial charge in [-0.05, 0) is 6.07 Å². The fourth-order valence-electron chi connectivity index (χ4n) is 1.50. The van der Waals surface area contributed by atoms with Gasteiger partial charge in [-0.25, -0.2) is 13.4 Å². The zero-order chi connectivity index (χ0) is 16.3. The van der Waals surface area contributed by atoms with Gasteiger partial charge >= 0.3 is 0 Å². The molecule has 0 aliphatic heterocycles.